The van der Waals surface area contributed by atoms with Crippen molar-refractivity contribution >= 4 is 20.5 Å². The fraction of sp³-hybridized carbons (Fsp3) is 0.833. The minimum Gasteiger partial charge on any atom is -0.462 e. The molecule has 0 radical (unpaired) electrons. The highest BCUT2D eigenvalue weighted by Gasteiger charge is 2.29. The lowest BCUT2D eigenvalue weighted by molar-refractivity contribution is -0.161. The maximum absolute atomic E-state index is 13.1. The van der Waals surface area contributed by atoms with Gasteiger partial charge in [0, 0.05) is 24.9 Å². The topological polar surface area (TPSA) is 74.3 Å². The van der Waals surface area contributed by atoms with Gasteiger partial charge >= 0.3 is 11.9 Å². The van der Waals surface area contributed by atoms with Gasteiger partial charge in [-0.25, -0.2) is 4.67 Å². The summed E-state index contributed by atoms with van der Waals surface area (Å²) in [5.41, 5.74) is 1.07. The van der Waals surface area contributed by atoms with Gasteiger partial charge in [0.05, 0.1) is 13.2 Å². The van der Waals surface area contributed by atoms with Crippen LogP contribution >= 0.6 is 8.53 Å². The SMILES string of the molecule is CCCCCCCCCCCCCCCC(=O)OC[C@H](COP(OCc1ccccc1)N(C(C)C)C(C)C)OC(=O)CCCCCCCCCCCCCCC. The molecule has 0 saturated carbocycles. The maximum atomic E-state index is 13.1. The molecule has 0 spiro atoms. The molecule has 0 aliphatic heterocycles. The van der Waals surface area contributed by atoms with Crippen LogP contribution in [0.15, 0.2) is 30.3 Å². The van der Waals surface area contributed by atoms with E-state index in [1.807, 2.05) is 30.3 Å². The first-order valence-electron chi connectivity index (χ1n) is 23.5. The van der Waals surface area contributed by atoms with Crippen LogP contribution in [0.4, 0.5) is 0 Å². The highest BCUT2D eigenvalue weighted by molar-refractivity contribution is 7.44. The van der Waals surface area contributed by atoms with E-state index in [9.17, 15) is 9.59 Å². The van der Waals surface area contributed by atoms with Crippen LogP contribution in [0.3, 0.4) is 0 Å². The lowest BCUT2D eigenvalue weighted by Gasteiger charge is -2.36. The smallest absolute Gasteiger partial charge is 0.306 e. The first kappa shape index (κ1) is 52.5. The molecule has 0 bridgehead atoms. The Balaban J connectivity index is 2.56. The number of hydrogen-bond acceptors (Lipinski definition) is 7. The number of ether oxygens (including phenoxy) is 2. The van der Waals surface area contributed by atoms with Crippen molar-refractivity contribution in [2.75, 3.05) is 13.2 Å². The zero-order valence-electron chi connectivity index (χ0n) is 37.4. The zero-order valence-corrected chi connectivity index (χ0v) is 38.3. The predicted octanol–water partition coefficient (Wildman–Crippen LogP) is 15.0. The Hall–Kier alpha value is -1.53. The summed E-state index contributed by atoms with van der Waals surface area (Å²) in [7, 11) is -1.46. The van der Waals surface area contributed by atoms with Crippen molar-refractivity contribution in [1.82, 2.24) is 4.67 Å². The van der Waals surface area contributed by atoms with Crippen LogP contribution in [0.25, 0.3) is 0 Å². The van der Waals surface area contributed by atoms with Crippen molar-refractivity contribution in [2.24, 2.45) is 0 Å². The molecule has 0 fully saturated rings. The van der Waals surface area contributed by atoms with Gasteiger partial charge in [-0.05, 0) is 46.1 Å². The highest BCUT2D eigenvalue weighted by atomic mass is 31.2. The second kappa shape index (κ2) is 37.7. The molecule has 0 aromatic heterocycles. The number of rotatable bonds is 40. The molecule has 0 saturated heterocycles. The zero-order chi connectivity index (χ0) is 40.9. The molecule has 2 atom stereocenters. The summed E-state index contributed by atoms with van der Waals surface area (Å²) in [4.78, 5) is 25.9. The van der Waals surface area contributed by atoms with Gasteiger partial charge in [-0.2, -0.15) is 0 Å². The molecule has 0 aliphatic carbocycles. The average molecular weight is 806 g/mol. The molecule has 8 heteroatoms. The van der Waals surface area contributed by atoms with Crippen molar-refractivity contribution < 1.29 is 28.1 Å². The van der Waals surface area contributed by atoms with Gasteiger partial charge in [0.25, 0.3) is 8.53 Å². The van der Waals surface area contributed by atoms with E-state index in [0.29, 0.717) is 19.4 Å². The minimum absolute atomic E-state index is 0.00711. The third-order valence-corrected chi connectivity index (χ3v) is 12.5. The number of unbranched alkanes of at least 4 members (excludes halogenated alkanes) is 24. The Kier molecular flexibility index (Phi) is 35.4. The lowest BCUT2D eigenvalue weighted by atomic mass is 10.0. The second-order valence-electron chi connectivity index (χ2n) is 16.6. The van der Waals surface area contributed by atoms with E-state index in [1.165, 1.54) is 128 Å². The molecule has 7 nitrogen and oxygen atoms in total. The monoisotopic (exact) mass is 806 g/mol. The molecule has 56 heavy (non-hydrogen) atoms. The van der Waals surface area contributed by atoms with Gasteiger partial charge in [-0.15, -0.1) is 0 Å². The maximum Gasteiger partial charge on any atom is 0.306 e. The van der Waals surface area contributed by atoms with Gasteiger partial charge in [-0.1, -0.05) is 198 Å². The third-order valence-electron chi connectivity index (χ3n) is 10.5. The van der Waals surface area contributed by atoms with Gasteiger partial charge in [0.1, 0.15) is 6.61 Å². The molecular formula is C48H88NO6P. The fourth-order valence-corrected chi connectivity index (χ4v) is 8.84. The second-order valence-corrected chi connectivity index (χ2v) is 18.1. The van der Waals surface area contributed by atoms with Crippen molar-refractivity contribution in [3.8, 4) is 0 Å². The van der Waals surface area contributed by atoms with Gasteiger partial charge in [0.2, 0.25) is 0 Å². The number of nitrogens with zero attached hydrogens (tertiary/aromatic N) is 1. The van der Waals surface area contributed by atoms with E-state index in [0.717, 1.165) is 44.1 Å². The van der Waals surface area contributed by atoms with Gasteiger partial charge in [0.15, 0.2) is 6.10 Å². The van der Waals surface area contributed by atoms with Crippen LogP contribution in [0.1, 0.15) is 227 Å². The number of esters is 2. The largest absolute Gasteiger partial charge is 0.462 e. The van der Waals surface area contributed by atoms with Crippen molar-refractivity contribution in [3.05, 3.63) is 35.9 Å². The van der Waals surface area contributed by atoms with Crippen LogP contribution in [0, 0.1) is 0 Å². The summed E-state index contributed by atoms with van der Waals surface area (Å²) >= 11 is 0. The third kappa shape index (κ3) is 30.5. The Morgan fingerprint density at radius 1 is 0.518 bits per heavy atom. The van der Waals surface area contributed by atoms with E-state index in [1.54, 1.807) is 0 Å². The lowest BCUT2D eigenvalue weighted by Crippen LogP contribution is -2.35. The molecule has 1 aromatic carbocycles. The molecule has 326 valence electrons. The Morgan fingerprint density at radius 2 is 0.911 bits per heavy atom. The normalized spacial score (nSPS) is 12.8. The average Bonchev–Trinajstić information content (AvgIpc) is 3.18. The summed E-state index contributed by atoms with van der Waals surface area (Å²) < 4.78 is 26.7. The molecule has 0 heterocycles. The van der Waals surface area contributed by atoms with Crippen molar-refractivity contribution in [2.45, 2.75) is 246 Å². The number of benzene rings is 1. The summed E-state index contributed by atoms with van der Waals surface area (Å²) in [6, 6.07) is 10.5. The Bertz CT molecular complexity index is 1020. The van der Waals surface area contributed by atoms with Crippen LogP contribution in [0.5, 0.6) is 0 Å². The van der Waals surface area contributed by atoms with E-state index in [2.05, 4.69) is 46.2 Å². The number of hydrogen-bond donors (Lipinski definition) is 0. The van der Waals surface area contributed by atoms with Crippen LogP contribution in [-0.2, 0) is 34.7 Å². The standard InChI is InChI=1S/C48H88NO6P/c1-7-9-11-13-15-17-19-21-23-25-27-29-34-38-47(50)52-41-46(55-48(51)39-35-30-28-26-24-22-20-18-16-14-12-10-8-2)42-54-56(49(43(3)4)44(5)6)53-40-45-36-32-31-33-37-45/h31-33,36-37,43-44,46H,7-30,34-35,38-42H2,1-6H3/t46-,56?/m1/s1. The first-order chi connectivity index (χ1) is 27.3. The van der Waals surface area contributed by atoms with Gasteiger partial charge in [-0.3, -0.25) is 9.59 Å². The van der Waals surface area contributed by atoms with Crippen molar-refractivity contribution in [3.63, 3.8) is 0 Å². The highest BCUT2D eigenvalue weighted by Crippen LogP contribution is 2.46. The van der Waals surface area contributed by atoms with Crippen molar-refractivity contribution in [1.29, 1.82) is 0 Å². The summed E-state index contributed by atoms with van der Waals surface area (Å²) in [5.74, 6) is -0.493. The number of carbonyl (C=O) groups excluding carboxylic acids is 2. The molecule has 0 aliphatic rings. The predicted molar refractivity (Wildman–Crippen MR) is 238 cm³/mol. The van der Waals surface area contributed by atoms with Crippen LogP contribution in [0.2, 0.25) is 0 Å². The van der Waals surface area contributed by atoms with Crippen LogP contribution < -0.4 is 0 Å². The Labute approximate surface area is 347 Å². The fourth-order valence-electron chi connectivity index (χ4n) is 7.19. The van der Waals surface area contributed by atoms with Gasteiger partial charge < -0.3 is 18.5 Å². The molecule has 0 N–H and O–H groups in total. The Morgan fingerprint density at radius 3 is 1.32 bits per heavy atom. The summed E-state index contributed by atoms with van der Waals surface area (Å²) in [6.45, 7) is 13.6. The van der Waals surface area contributed by atoms with E-state index in [-0.39, 0.29) is 37.2 Å². The quantitative estimate of drug-likeness (QED) is 0.0371. The van der Waals surface area contributed by atoms with E-state index >= 15 is 0 Å². The summed E-state index contributed by atoms with van der Waals surface area (Å²) in [5, 5.41) is 0. The number of carbonyl (C=O) groups is 2. The molecule has 0 amide bonds. The molecular weight excluding hydrogens is 718 g/mol. The molecule has 1 unspecified atom stereocenters. The first-order valence-corrected chi connectivity index (χ1v) is 24.6. The minimum atomic E-state index is -1.46. The summed E-state index contributed by atoms with van der Waals surface area (Å²) in [6.07, 6.45) is 32.8. The van der Waals surface area contributed by atoms with Crippen LogP contribution in [-0.4, -0.2) is 48.0 Å². The molecule has 1 aromatic rings. The van der Waals surface area contributed by atoms with E-state index in [4.69, 9.17) is 18.5 Å². The van der Waals surface area contributed by atoms with E-state index < -0.39 is 14.6 Å². The molecule has 1 rings (SSSR count).